The largest absolute Gasteiger partial charge is 0.488 e. The molecule has 0 saturated heterocycles. The summed E-state index contributed by atoms with van der Waals surface area (Å²) in [7, 11) is 1.43. The summed E-state index contributed by atoms with van der Waals surface area (Å²) >= 11 is 0. The molecule has 1 heterocycles. The number of hydrogen-bond acceptors (Lipinski definition) is 7. The summed E-state index contributed by atoms with van der Waals surface area (Å²) in [6, 6.07) is 23.7. The highest BCUT2D eigenvalue weighted by Gasteiger charge is 2.37. The Balaban J connectivity index is 1.83. The van der Waals surface area contributed by atoms with Crippen LogP contribution in [0.5, 0.6) is 11.5 Å². The Morgan fingerprint density at radius 3 is 2.02 bits per heavy atom. The molecule has 2 N–H and O–H groups in total. The Hall–Kier alpha value is -4.08. The van der Waals surface area contributed by atoms with E-state index in [0.29, 0.717) is 48.0 Å². The minimum Gasteiger partial charge on any atom is -0.488 e. The topological polar surface area (TPSA) is 103 Å². The molecule has 231 valence electrons. The number of carbonyl (C=O) groups is 1. The fourth-order valence-corrected chi connectivity index (χ4v) is 4.28. The smallest absolute Gasteiger partial charge is 0.337 e. The van der Waals surface area contributed by atoms with E-state index in [-0.39, 0.29) is 11.6 Å². The van der Waals surface area contributed by atoms with Crippen molar-refractivity contribution >= 4 is 18.9 Å². The van der Waals surface area contributed by atoms with E-state index in [1.54, 1.807) is 27.7 Å². The van der Waals surface area contributed by atoms with Crippen molar-refractivity contribution < 1.29 is 28.6 Å². The third-order valence-electron chi connectivity index (χ3n) is 7.68. The van der Waals surface area contributed by atoms with Gasteiger partial charge in [0, 0.05) is 18.1 Å². The molecule has 0 bridgehead atoms. The zero-order valence-electron chi connectivity index (χ0n) is 26.6. The van der Waals surface area contributed by atoms with E-state index in [2.05, 4.69) is 24.3 Å². The normalized spacial score (nSPS) is 11.8. The van der Waals surface area contributed by atoms with E-state index in [1.807, 2.05) is 79.7 Å². The van der Waals surface area contributed by atoms with E-state index >= 15 is 0 Å². The van der Waals surface area contributed by atoms with Crippen LogP contribution in [-0.2, 0) is 17.9 Å². The maximum Gasteiger partial charge on any atom is 0.337 e. The summed E-state index contributed by atoms with van der Waals surface area (Å²) in [5, 5.41) is 17.7. The highest BCUT2D eigenvalue weighted by molar-refractivity contribution is 6.51. The second-order valence-corrected chi connectivity index (χ2v) is 12.0. The SMILES string of the molecule is CCNC(=O)c1noc(-c2cc(C(C)C)c(OCc3ccccc3)cc2OCc2ccccc2)c1[B]OC(C)(C)C(C)(C)O. The van der Waals surface area contributed by atoms with Gasteiger partial charge in [-0.25, -0.2) is 0 Å². The maximum atomic E-state index is 13.1. The average molecular weight is 598 g/mol. The van der Waals surface area contributed by atoms with Crippen LogP contribution in [0.3, 0.4) is 0 Å². The van der Waals surface area contributed by atoms with Gasteiger partial charge in [0.1, 0.15) is 24.7 Å². The molecule has 0 fully saturated rings. The Morgan fingerprint density at radius 2 is 1.50 bits per heavy atom. The Labute approximate surface area is 261 Å². The van der Waals surface area contributed by atoms with Gasteiger partial charge in [-0.2, -0.15) is 0 Å². The van der Waals surface area contributed by atoms with Crippen molar-refractivity contribution in [2.45, 2.75) is 78.8 Å². The molecule has 0 aliphatic rings. The number of hydrogen-bond donors (Lipinski definition) is 2. The number of aliphatic hydroxyl groups is 1. The van der Waals surface area contributed by atoms with E-state index in [4.69, 9.17) is 18.7 Å². The number of amides is 1. The number of nitrogens with one attached hydrogen (secondary N) is 1. The third-order valence-corrected chi connectivity index (χ3v) is 7.68. The number of aromatic nitrogens is 1. The zero-order chi connectivity index (χ0) is 31.9. The molecule has 0 saturated carbocycles. The number of ether oxygens (including phenoxy) is 2. The van der Waals surface area contributed by atoms with Crippen LogP contribution in [0.1, 0.15) is 81.6 Å². The fourth-order valence-electron chi connectivity index (χ4n) is 4.28. The van der Waals surface area contributed by atoms with Gasteiger partial charge >= 0.3 is 7.48 Å². The van der Waals surface area contributed by atoms with Gasteiger partial charge in [-0.15, -0.1) is 0 Å². The first kappa shape index (κ1) is 32.8. The average Bonchev–Trinajstić information content (AvgIpc) is 3.42. The molecule has 0 aliphatic heterocycles. The molecule has 44 heavy (non-hydrogen) atoms. The van der Waals surface area contributed by atoms with Crippen LogP contribution in [0.4, 0.5) is 0 Å². The molecular formula is C35H42BN2O6. The molecular weight excluding hydrogens is 555 g/mol. The molecule has 0 atom stereocenters. The van der Waals surface area contributed by atoms with Crippen molar-refractivity contribution in [2.75, 3.05) is 6.54 Å². The van der Waals surface area contributed by atoms with Gasteiger partial charge in [-0.3, -0.25) is 4.79 Å². The van der Waals surface area contributed by atoms with E-state index < -0.39 is 17.1 Å². The lowest BCUT2D eigenvalue weighted by atomic mass is 9.79. The third kappa shape index (κ3) is 7.90. The highest BCUT2D eigenvalue weighted by Crippen LogP contribution is 2.40. The second kappa shape index (κ2) is 14.1. The van der Waals surface area contributed by atoms with Gasteiger partial charge < -0.3 is 29.1 Å². The van der Waals surface area contributed by atoms with Crippen molar-refractivity contribution in [2.24, 2.45) is 0 Å². The van der Waals surface area contributed by atoms with Crippen molar-refractivity contribution in [1.29, 1.82) is 0 Å². The van der Waals surface area contributed by atoms with Crippen molar-refractivity contribution in [1.82, 2.24) is 10.5 Å². The zero-order valence-corrected chi connectivity index (χ0v) is 26.6. The molecule has 1 radical (unpaired) electrons. The van der Waals surface area contributed by atoms with Gasteiger partial charge in [0.2, 0.25) is 0 Å². The molecule has 0 aliphatic carbocycles. The van der Waals surface area contributed by atoms with Crippen LogP contribution in [0, 0.1) is 0 Å². The van der Waals surface area contributed by atoms with Gasteiger partial charge in [0.15, 0.2) is 11.5 Å². The summed E-state index contributed by atoms with van der Waals surface area (Å²) in [6.45, 7) is 14.0. The Bertz CT molecular complexity index is 1530. The molecule has 1 amide bonds. The predicted octanol–water partition coefficient (Wildman–Crippen LogP) is 6.18. The molecule has 8 nitrogen and oxygen atoms in total. The summed E-state index contributed by atoms with van der Waals surface area (Å²) in [4.78, 5) is 13.1. The lowest BCUT2D eigenvalue weighted by Gasteiger charge is -2.37. The quantitative estimate of drug-likeness (QED) is 0.167. The van der Waals surface area contributed by atoms with Gasteiger partial charge in [-0.05, 0) is 63.3 Å². The summed E-state index contributed by atoms with van der Waals surface area (Å²) in [6.07, 6.45) is 0. The number of benzene rings is 3. The highest BCUT2D eigenvalue weighted by atomic mass is 16.5. The molecule has 4 rings (SSSR count). The summed E-state index contributed by atoms with van der Waals surface area (Å²) < 4.78 is 24.8. The van der Waals surface area contributed by atoms with Crippen LogP contribution < -0.4 is 20.3 Å². The number of rotatable bonds is 14. The lowest BCUT2D eigenvalue weighted by molar-refractivity contribution is -0.0893. The minimum absolute atomic E-state index is 0.0675. The Morgan fingerprint density at radius 1 is 0.932 bits per heavy atom. The van der Waals surface area contributed by atoms with Crippen LogP contribution in [0.15, 0.2) is 77.3 Å². The van der Waals surface area contributed by atoms with Gasteiger partial charge in [0.25, 0.3) is 5.91 Å². The van der Waals surface area contributed by atoms with Crippen LogP contribution >= 0.6 is 0 Å². The van der Waals surface area contributed by atoms with Crippen molar-refractivity contribution in [3.05, 3.63) is 95.2 Å². The van der Waals surface area contributed by atoms with E-state index in [0.717, 1.165) is 16.7 Å². The molecule has 0 spiro atoms. The first-order valence-electron chi connectivity index (χ1n) is 14.9. The fraction of sp³-hybridized carbons (Fsp3) is 0.371. The monoisotopic (exact) mass is 597 g/mol. The van der Waals surface area contributed by atoms with Gasteiger partial charge in [0.05, 0.1) is 16.8 Å². The maximum absolute atomic E-state index is 13.1. The van der Waals surface area contributed by atoms with Crippen LogP contribution in [-0.4, -0.2) is 41.4 Å². The van der Waals surface area contributed by atoms with E-state index in [1.165, 1.54) is 7.48 Å². The number of carbonyl (C=O) groups excluding carboxylic acids is 1. The van der Waals surface area contributed by atoms with Crippen molar-refractivity contribution in [3.8, 4) is 22.8 Å². The van der Waals surface area contributed by atoms with Crippen LogP contribution in [0.2, 0.25) is 0 Å². The lowest BCUT2D eigenvalue weighted by Crippen LogP contribution is -2.49. The first-order chi connectivity index (χ1) is 20.9. The predicted molar refractivity (Wildman–Crippen MR) is 172 cm³/mol. The molecule has 0 unspecified atom stereocenters. The molecule has 9 heteroatoms. The number of nitrogens with zero attached hydrogens (tertiary/aromatic N) is 1. The van der Waals surface area contributed by atoms with Crippen molar-refractivity contribution in [3.63, 3.8) is 0 Å². The van der Waals surface area contributed by atoms with Gasteiger partial charge in [-0.1, -0.05) is 79.7 Å². The summed E-state index contributed by atoms with van der Waals surface area (Å²) in [5.74, 6) is 1.17. The standard InChI is InChI=1S/C35H42BN2O6/c1-8-37-33(39)31-30(36-44-35(6,7)34(4,5)40)32(43-38-31)27-19-26(23(2)3)28(41-21-24-15-11-9-12-16-24)20-29(27)42-22-25-17-13-10-14-18-25/h9-20,23,40H,8,21-22H2,1-7H3,(H,37,39). The Kier molecular flexibility index (Phi) is 10.6. The first-order valence-corrected chi connectivity index (χ1v) is 14.9. The van der Waals surface area contributed by atoms with E-state index in [9.17, 15) is 9.90 Å². The second-order valence-electron chi connectivity index (χ2n) is 12.0. The molecule has 4 aromatic rings. The van der Waals surface area contributed by atoms with Crippen LogP contribution in [0.25, 0.3) is 11.3 Å². The minimum atomic E-state index is -1.18. The molecule has 1 aromatic heterocycles. The summed E-state index contributed by atoms with van der Waals surface area (Å²) in [5.41, 5.74) is 1.79. The molecule has 3 aromatic carbocycles.